The Kier molecular flexibility index (Phi) is 3.97. The van der Waals surface area contributed by atoms with Gasteiger partial charge in [-0.15, -0.1) is 0 Å². The smallest absolute Gasteiger partial charge is 0.139 e. The molecular formula is C22H30O2. The van der Waals surface area contributed by atoms with Crippen LogP contribution in [0, 0.1) is 24.2 Å². The molecule has 0 saturated heterocycles. The van der Waals surface area contributed by atoms with Crippen molar-refractivity contribution in [1.29, 1.82) is 0 Å². The first-order valence-corrected chi connectivity index (χ1v) is 9.84. The molecule has 3 aliphatic carbocycles. The molecule has 2 heteroatoms. The zero-order valence-electron chi connectivity index (χ0n) is 15.4. The van der Waals surface area contributed by atoms with Crippen molar-refractivity contribution < 1.29 is 9.53 Å². The summed E-state index contributed by atoms with van der Waals surface area (Å²) in [4.78, 5) is 12.4. The summed E-state index contributed by atoms with van der Waals surface area (Å²) in [5.74, 6) is 3.61. The van der Waals surface area contributed by atoms with E-state index >= 15 is 0 Å². The minimum Gasteiger partial charge on any atom is -0.493 e. The number of fused-ring (bicyclic) bond motifs is 5. The minimum atomic E-state index is -0.0160. The summed E-state index contributed by atoms with van der Waals surface area (Å²) >= 11 is 0. The van der Waals surface area contributed by atoms with E-state index in [2.05, 4.69) is 32.9 Å². The van der Waals surface area contributed by atoms with Crippen LogP contribution >= 0.6 is 0 Å². The summed E-state index contributed by atoms with van der Waals surface area (Å²) in [6, 6.07) is 4.71. The van der Waals surface area contributed by atoms with Crippen LogP contribution in [0.4, 0.5) is 0 Å². The predicted molar refractivity (Wildman–Crippen MR) is 96.6 cm³/mol. The van der Waals surface area contributed by atoms with Crippen LogP contribution in [-0.4, -0.2) is 12.4 Å². The average Bonchev–Trinajstić information content (AvgIpc) is 2.88. The Balaban J connectivity index is 1.65. The van der Waals surface area contributed by atoms with E-state index < -0.39 is 0 Å². The predicted octanol–water partition coefficient (Wildman–Crippen LogP) is 5.21. The van der Waals surface area contributed by atoms with Crippen molar-refractivity contribution in [3.63, 3.8) is 0 Å². The van der Waals surface area contributed by atoms with Gasteiger partial charge in [-0.25, -0.2) is 0 Å². The summed E-state index contributed by atoms with van der Waals surface area (Å²) < 4.78 is 5.94. The van der Waals surface area contributed by atoms with Crippen LogP contribution in [0.1, 0.15) is 75.0 Å². The number of rotatable bonds is 3. The molecule has 3 aliphatic rings. The van der Waals surface area contributed by atoms with E-state index in [-0.39, 0.29) is 5.41 Å². The zero-order valence-corrected chi connectivity index (χ0v) is 15.4. The van der Waals surface area contributed by atoms with Crippen molar-refractivity contribution in [3.8, 4) is 5.75 Å². The zero-order chi connectivity index (χ0) is 16.9. The van der Waals surface area contributed by atoms with Crippen molar-refractivity contribution in [2.24, 2.45) is 17.3 Å². The first-order chi connectivity index (χ1) is 11.5. The van der Waals surface area contributed by atoms with Crippen molar-refractivity contribution in [1.82, 2.24) is 0 Å². The summed E-state index contributed by atoms with van der Waals surface area (Å²) in [6.45, 7) is 7.39. The average molecular weight is 326 g/mol. The van der Waals surface area contributed by atoms with Gasteiger partial charge in [0.2, 0.25) is 0 Å². The maximum absolute atomic E-state index is 12.4. The Labute approximate surface area is 146 Å². The largest absolute Gasteiger partial charge is 0.493 e. The van der Waals surface area contributed by atoms with Gasteiger partial charge in [0.15, 0.2) is 0 Å². The lowest BCUT2D eigenvalue weighted by Crippen LogP contribution is -2.42. The molecule has 130 valence electrons. The molecule has 0 N–H and O–H groups in total. The molecule has 1 aromatic rings. The Hall–Kier alpha value is -1.31. The lowest BCUT2D eigenvalue weighted by atomic mass is 9.55. The molecule has 4 unspecified atom stereocenters. The van der Waals surface area contributed by atoms with Crippen LogP contribution in [-0.2, 0) is 11.2 Å². The number of ether oxygens (including phenoxy) is 1. The molecule has 0 spiro atoms. The number of ketones is 1. The van der Waals surface area contributed by atoms with E-state index in [9.17, 15) is 4.79 Å². The maximum Gasteiger partial charge on any atom is 0.139 e. The molecule has 2 nitrogen and oxygen atoms in total. The van der Waals surface area contributed by atoms with Crippen LogP contribution < -0.4 is 4.74 Å². The first kappa shape index (κ1) is 16.2. The first-order valence-electron chi connectivity index (χ1n) is 9.84. The minimum absolute atomic E-state index is 0.0160. The standard InChI is InChI=1S/C22H30O2/c1-4-11-24-20-13-15-5-6-17-16(18(15)12-14(20)2)9-10-22(3)19(17)7-8-21(22)23/h12-13,16-17,19H,4-11H2,1-3H3. The van der Waals surface area contributed by atoms with Crippen LogP contribution in [0.2, 0.25) is 0 Å². The number of aryl methyl sites for hydroxylation is 2. The van der Waals surface area contributed by atoms with Crippen LogP contribution in [0.15, 0.2) is 12.1 Å². The summed E-state index contributed by atoms with van der Waals surface area (Å²) in [5.41, 5.74) is 4.33. The third-order valence-corrected chi connectivity index (χ3v) is 7.19. The molecule has 0 aliphatic heterocycles. The van der Waals surface area contributed by atoms with Crippen LogP contribution in [0.5, 0.6) is 5.75 Å². The van der Waals surface area contributed by atoms with Crippen molar-refractivity contribution in [2.75, 3.05) is 6.61 Å². The highest BCUT2D eigenvalue weighted by atomic mass is 16.5. The molecule has 4 rings (SSSR count). The highest BCUT2D eigenvalue weighted by molar-refractivity contribution is 5.87. The van der Waals surface area contributed by atoms with Gasteiger partial charge in [0.1, 0.15) is 11.5 Å². The van der Waals surface area contributed by atoms with E-state index in [1.807, 2.05) is 0 Å². The normalized spacial score (nSPS) is 34.5. The molecule has 2 saturated carbocycles. The molecule has 0 heterocycles. The lowest BCUT2D eigenvalue weighted by Gasteiger charge is -2.48. The number of carbonyl (C=O) groups excluding carboxylic acids is 1. The Bertz CT molecular complexity index is 662. The third-order valence-electron chi connectivity index (χ3n) is 7.19. The van der Waals surface area contributed by atoms with E-state index in [0.29, 0.717) is 23.5 Å². The molecule has 4 atom stereocenters. The maximum atomic E-state index is 12.4. The second kappa shape index (κ2) is 5.89. The number of Topliss-reactive ketones (excluding diaryl/α,β-unsaturated/α-hetero) is 1. The van der Waals surface area contributed by atoms with E-state index in [1.54, 1.807) is 5.56 Å². The number of hydrogen-bond acceptors (Lipinski definition) is 2. The fourth-order valence-corrected chi connectivity index (χ4v) is 5.85. The van der Waals surface area contributed by atoms with Gasteiger partial charge < -0.3 is 4.74 Å². The second-order valence-electron chi connectivity index (χ2n) is 8.50. The second-order valence-corrected chi connectivity index (χ2v) is 8.50. The Morgan fingerprint density at radius 3 is 2.83 bits per heavy atom. The molecule has 1 aromatic carbocycles. The van der Waals surface area contributed by atoms with Gasteiger partial charge in [0.25, 0.3) is 0 Å². The molecule has 2 fully saturated rings. The van der Waals surface area contributed by atoms with Gasteiger partial charge in [0, 0.05) is 11.8 Å². The Morgan fingerprint density at radius 1 is 1.21 bits per heavy atom. The molecule has 24 heavy (non-hydrogen) atoms. The third kappa shape index (κ3) is 2.33. The molecule has 0 radical (unpaired) electrons. The molecule has 0 aromatic heterocycles. The van der Waals surface area contributed by atoms with E-state index in [1.165, 1.54) is 24.0 Å². The van der Waals surface area contributed by atoms with Crippen molar-refractivity contribution in [2.45, 2.75) is 71.6 Å². The van der Waals surface area contributed by atoms with Crippen LogP contribution in [0.3, 0.4) is 0 Å². The molecule has 0 amide bonds. The van der Waals surface area contributed by atoms with Gasteiger partial charge in [0.05, 0.1) is 6.61 Å². The number of benzene rings is 1. The molecule has 0 bridgehead atoms. The molecular weight excluding hydrogens is 296 g/mol. The summed E-state index contributed by atoms with van der Waals surface area (Å²) in [6.07, 6.45) is 7.68. The van der Waals surface area contributed by atoms with E-state index in [0.717, 1.165) is 44.5 Å². The fourth-order valence-electron chi connectivity index (χ4n) is 5.85. The summed E-state index contributed by atoms with van der Waals surface area (Å²) in [7, 11) is 0. The van der Waals surface area contributed by atoms with Gasteiger partial charge in [-0.1, -0.05) is 19.9 Å². The van der Waals surface area contributed by atoms with Gasteiger partial charge >= 0.3 is 0 Å². The number of carbonyl (C=O) groups is 1. The quantitative estimate of drug-likeness (QED) is 0.762. The fraction of sp³-hybridized carbons (Fsp3) is 0.682. The van der Waals surface area contributed by atoms with Gasteiger partial charge in [-0.05, 0) is 86.0 Å². The van der Waals surface area contributed by atoms with Gasteiger partial charge in [-0.3, -0.25) is 4.79 Å². The SMILES string of the molecule is CCCOc1cc2c(cc1C)C1CCC3(C)C(=O)CCC3C1CC2. The highest BCUT2D eigenvalue weighted by Crippen LogP contribution is 2.59. The van der Waals surface area contributed by atoms with Crippen LogP contribution in [0.25, 0.3) is 0 Å². The topological polar surface area (TPSA) is 26.3 Å². The van der Waals surface area contributed by atoms with E-state index in [4.69, 9.17) is 4.74 Å². The Morgan fingerprint density at radius 2 is 2.04 bits per heavy atom. The van der Waals surface area contributed by atoms with Gasteiger partial charge in [-0.2, -0.15) is 0 Å². The van der Waals surface area contributed by atoms with Crippen molar-refractivity contribution >= 4 is 5.78 Å². The number of hydrogen-bond donors (Lipinski definition) is 0. The lowest BCUT2D eigenvalue weighted by molar-refractivity contribution is -0.129. The summed E-state index contributed by atoms with van der Waals surface area (Å²) in [5, 5.41) is 0. The monoisotopic (exact) mass is 326 g/mol. The highest BCUT2D eigenvalue weighted by Gasteiger charge is 2.54. The van der Waals surface area contributed by atoms with Crippen molar-refractivity contribution in [3.05, 3.63) is 28.8 Å².